The summed E-state index contributed by atoms with van der Waals surface area (Å²) < 4.78 is 1.71. The lowest BCUT2D eigenvalue weighted by Crippen LogP contribution is -2.22. The van der Waals surface area contributed by atoms with E-state index in [1.54, 1.807) is 29.2 Å². The summed E-state index contributed by atoms with van der Waals surface area (Å²) in [6.07, 6.45) is 9.42. The van der Waals surface area contributed by atoms with Gasteiger partial charge in [0.2, 0.25) is 0 Å². The molecule has 0 atom stereocenters. The number of amides is 2. The molecule has 1 aliphatic rings. The predicted molar refractivity (Wildman–Crippen MR) is 88.1 cm³/mol. The van der Waals surface area contributed by atoms with E-state index in [0.29, 0.717) is 16.9 Å². The smallest absolute Gasteiger partial charge is 0.261 e. The van der Waals surface area contributed by atoms with Gasteiger partial charge in [0.05, 0.1) is 23.0 Å². The van der Waals surface area contributed by atoms with E-state index in [-0.39, 0.29) is 11.1 Å². The van der Waals surface area contributed by atoms with Gasteiger partial charge in [0.25, 0.3) is 11.8 Å². The van der Waals surface area contributed by atoms with Crippen LogP contribution in [-0.4, -0.2) is 31.3 Å². The Morgan fingerprint density at radius 2 is 1.92 bits per heavy atom. The highest BCUT2D eigenvalue weighted by molar-refractivity contribution is 6.49. The molecule has 116 valence electrons. The molecule has 0 spiro atoms. The minimum Gasteiger partial charge on any atom is -0.308 e. The molecule has 0 fully saturated rings. The molecule has 2 amide bonds. The van der Waals surface area contributed by atoms with Crippen molar-refractivity contribution in [2.24, 2.45) is 0 Å². The van der Waals surface area contributed by atoms with Crippen LogP contribution in [0.15, 0.2) is 49.7 Å². The van der Waals surface area contributed by atoms with E-state index in [0.717, 1.165) is 5.39 Å². The number of pyridine rings is 1. The van der Waals surface area contributed by atoms with Crippen molar-refractivity contribution in [1.29, 1.82) is 0 Å². The Hall–Kier alpha value is -3.61. The summed E-state index contributed by atoms with van der Waals surface area (Å²) in [5.74, 6) is -0.952. The van der Waals surface area contributed by atoms with Gasteiger partial charge in [0.15, 0.2) is 0 Å². The Balaban J connectivity index is 2.07. The first-order valence-electron chi connectivity index (χ1n) is 7.15. The minimum atomic E-state index is -0.487. The summed E-state index contributed by atoms with van der Waals surface area (Å²) in [4.78, 5) is 37.1. The van der Waals surface area contributed by atoms with E-state index in [4.69, 9.17) is 0 Å². The quantitative estimate of drug-likeness (QED) is 0.739. The summed E-state index contributed by atoms with van der Waals surface area (Å²) in [5, 5.41) is 3.08. The van der Waals surface area contributed by atoms with Crippen LogP contribution in [0.5, 0.6) is 0 Å². The number of carbonyl (C=O) groups is 2. The topological polar surface area (TPSA) is 89.8 Å². The van der Waals surface area contributed by atoms with Crippen molar-refractivity contribution in [3.63, 3.8) is 0 Å². The molecule has 1 N–H and O–H groups in total. The number of rotatable bonds is 3. The number of fused-ring (bicyclic) bond motifs is 1. The van der Waals surface area contributed by atoms with E-state index < -0.39 is 11.8 Å². The molecule has 7 nitrogen and oxygen atoms in total. The van der Waals surface area contributed by atoms with E-state index in [9.17, 15) is 9.59 Å². The van der Waals surface area contributed by atoms with Crippen molar-refractivity contribution in [2.45, 2.75) is 0 Å². The van der Waals surface area contributed by atoms with Crippen LogP contribution < -0.4 is 5.32 Å². The fourth-order valence-electron chi connectivity index (χ4n) is 2.81. The zero-order valence-corrected chi connectivity index (χ0v) is 12.4. The lowest BCUT2D eigenvalue weighted by molar-refractivity contribution is -0.122. The number of aromatic nitrogens is 4. The van der Waals surface area contributed by atoms with Gasteiger partial charge in [-0.15, -0.1) is 0 Å². The molecule has 24 heavy (non-hydrogen) atoms. The molecule has 0 aliphatic carbocycles. The molecule has 1 aliphatic heterocycles. The van der Waals surface area contributed by atoms with Crippen molar-refractivity contribution in [3.8, 4) is 0 Å². The number of imide groups is 1. The Bertz CT molecular complexity index is 1030. The second kappa shape index (κ2) is 5.24. The molecule has 3 aromatic rings. The van der Waals surface area contributed by atoms with Gasteiger partial charge >= 0.3 is 0 Å². The van der Waals surface area contributed by atoms with Crippen molar-refractivity contribution in [1.82, 2.24) is 24.8 Å². The van der Waals surface area contributed by atoms with E-state index >= 15 is 0 Å². The SMILES string of the molecule is C=Cn1cc(C2=C(c3cnccn3)C(=O)NC2=O)c2cccnc21. The zero-order valence-electron chi connectivity index (χ0n) is 12.4. The molecular formula is C17H11N5O2. The third-order valence-corrected chi connectivity index (χ3v) is 3.81. The van der Waals surface area contributed by atoms with Gasteiger partial charge in [-0.3, -0.25) is 24.9 Å². The van der Waals surface area contributed by atoms with E-state index in [1.807, 2.05) is 6.07 Å². The molecule has 4 heterocycles. The van der Waals surface area contributed by atoms with Crippen molar-refractivity contribution in [3.05, 3.63) is 61.0 Å². The standard InChI is InChI=1S/C17H11N5O2/c1-2-22-9-11(10-4-3-5-20-15(10)22)13-14(17(24)21-16(13)23)12-8-18-6-7-19-12/h2-9H,1H2,(H,21,23,24). The molecule has 0 unspecified atom stereocenters. The first-order valence-corrected chi connectivity index (χ1v) is 7.15. The molecule has 0 aromatic carbocycles. The lowest BCUT2D eigenvalue weighted by Gasteiger charge is -2.02. The maximum Gasteiger partial charge on any atom is 0.261 e. The van der Waals surface area contributed by atoms with E-state index in [2.05, 4.69) is 26.8 Å². The Kier molecular flexibility index (Phi) is 3.06. The highest BCUT2D eigenvalue weighted by atomic mass is 16.2. The molecule has 0 saturated heterocycles. The number of hydrogen-bond donors (Lipinski definition) is 1. The van der Waals surface area contributed by atoms with Gasteiger partial charge in [0, 0.05) is 41.9 Å². The molecule has 4 rings (SSSR count). The summed E-state index contributed by atoms with van der Waals surface area (Å²) in [6.45, 7) is 3.75. The van der Waals surface area contributed by atoms with Gasteiger partial charge in [-0.2, -0.15) is 0 Å². The van der Waals surface area contributed by atoms with Gasteiger partial charge in [-0.1, -0.05) is 6.58 Å². The monoisotopic (exact) mass is 317 g/mol. The Morgan fingerprint density at radius 3 is 2.67 bits per heavy atom. The van der Waals surface area contributed by atoms with Crippen LogP contribution in [0.25, 0.3) is 28.4 Å². The highest BCUT2D eigenvalue weighted by Crippen LogP contribution is 2.34. The summed E-state index contributed by atoms with van der Waals surface area (Å²) in [6, 6.07) is 3.62. The Labute approximate surface area is 136 Å². The molecule has 7 heteroatoms. The third kappa shape index (κ3) is 1.95. The van der Waals surface area contributed by atoms with Gasteiger partial charge < -0.3 is 4.57 Å². The molecule has 3 aromatic heterocycles. The van der Waals surface area contributed by atoms with Crippen LogP contribution in [0.1, 0.15) is 11.3 Å². The lowest BCUT2D eigenvalue weighted by atomic mass is 10.00. The maximum atomic E-state index is 12.4. The minimum absolute atomic E-state index is 0.208. The fraction of sp³-hybridized carbons (Fsp3) is 0. The molecular weight excluding hydrogens is 306 g/mol. The van der Waals surface area contributed by atoms with Crippen LogP contribution in [0, 0.1) is 0 Å². The largest absolute Gasteiger partial charge is 0.308 e. The predicted octanol–water partition coefficient (Wildman–Crippen LogP) is 1.49. The van der Waals surface area contributed by atoms with Crippen molar-refractivity contribution < 1.29 is 9.59 Å². The van der Waals surface area contributed by atoms with Crippen LogP contribution in [-0.2, 0) is 9.59 Å². The number of nitrogens with zero attached hydrogens (tertiary/aromatic N) is 4. The first kappa shape index (κ1) is 14.0. The zero-order chi connectivity index (χ0) is 16.7. The van der Waals surface area contributed by atoms with Crippen LogP contribution in [0.4, 0.5) is 0 Å². The van der Waals surface area contributed by atoms with Crippen molar-refractivity contribution >= 4 is 40.2 Å². The van der Waals surface area contributed by atoms with Crippen LogP contribution >= 0.6 is 0 Å². The summed E-state index contributed by atoms with van der Waals surface area (Å²) in [7, 11) is 0. The summed E-state index contributed by atoms with van der Waals surface area (Å²) >= 11 is 0. The van der Waals surface area contributed by atoms with Gasteiger partial charge in [-0.25, -0.2) is 4.98 Å². The van der Waals surface area contributed by atoms with Gasteiger partial charge in [0.1, 0.15) is 5.65 Å². The molecule has 0 bridgehead atoms. The average molecular weight is 317 g/mol. The van der Waals surface area contributed by atoms with Crippen molar-refractivity contribution in [2.75, 3.05) is 0 Å². The normalized spacial score (nSPS) is 14.3. The fourth-order valence-corrected chi connectivity index (χ4v) is 2.81. The first-order chi connectivity index (χ1) is 11.7. The molecule has 0 radical (unpaired) electrons. The third-order valence-electron chi connectivity index (χ3n) is 3.81. The van der Waals surface area contributed by atoms with Crippen LogP contribution in [0.2, 0.25) is 0 Å². The summed E-state index contributed by atoms with van der Waals surface area (Å²) in [5.41, 5.74) is 2.07. The highest BCUT2D eigenvalue weighted by Gasteiger charge is 2.34. The van der Waals surface area contributed by atoms with Gasteiger partial charge in [-0.05, 0) is 12.1 Å². The van der Waals surface area contributed by atoms with E-state index in [1.165, 1.54) is 18.6 Å². The average Bonchev–Trinajstić information content (AvgIpc) is 3.12. The van der Waals surface area contributed by atoms with Crippen LogP contribution in [0.3, 0.4) is 0 Å². The maximum absolute atomic E-state index is 12.4. The second-order valence-electron chi connectivity index (χ2n) is 5.13. The molecule has 0 saturated carbocycles. The number of nitrogens with one attached hydrogen (secondary N) is 1. The Morgan fingerprint density at radius 1 is 1.08 bits per heavy atom. The number of hydrogen-bond acceptors (Lipinski definition) is 5. The number of carbonyl (C=O) groups excluding carboxylic acids is 2. The second-order valence-corrected chi connectivity index (χ2v) is 5.13.